The molecule has 0 fully saturated rings. The number of hydrogen-bond donors (Lipinski definition) is 0. The van der Waals surface area contributed by atoms with Crippen molar-refractivity contribution in [3.63, 3.8) is 0 Å². The number of hydrogen-bond acceptors (Lipinski definition) is 2. The minimum Gasteiger partial charge on any atom is -0.298 e. The topological polar surface area (TPSA) is 30.0 Å². The van der Waals surface area contributed by atoms with Crippen molar-refractivity contribution in [2.45, 2.75) is 13.3 Å². The van der Waals surface area contributed by atoms with Gasteiger partial charge in [-0.1, -0.05) is 12.1 Å². The van der Waals surface area contributed by atoms with E-state index in [2.05, 4.69) is 11.9 Å². The lowest BCUT2D eigenvalue weighted by atomic mass is 9.99. The number of rotatable bonds is 3. The standard InChI is InChI=1S/C14H13NO/c1-11-2-3-13(10-16)9-14(11)8-12-4-6-15-7-5-12/h2-7,9-10H,8H2,1H3. The summed E-state index contributed by atoms with van der Waals surface area (Å²) >= 11 is 0. The van der Waals surface area contributed by atoms with E-state index in [9.17, 15) is 4.79 Å². The molecule has 0 unspecified atom stereocenters. The van der Waals surface area contributed by atoms with Crippen molar-refractivity contribution in [1.29, 1.82) is 0 Å². The summed E-state index contributed by atoms with van der Waals surface area (Å²) in [5.74, 6) is 0. The van der Waals surface area contributed by atoms with E-state index in [1.165, 1.54) is 16.7 Å². The lowest BCUT2D eigenvalue weighted by Gasteiger charge is -2.06. The van der Waals surface area contributed by atoms with Gasteiger partial charge < -0.3 is 0 Å². The fourth-order valence-electron chi connectivity index (χ4n) is 1.68. The molecule has 0 aliphatic rings. The van der Waals surface area contributed by atoms with Crippen molar-refractivity contribution in [2.75, 3.05) is 0 Å². The van der Waals surface area contributed by atoms with Crippen molar-refractivity contribution in [3.8, 4) is 0 Å². The number of carbonyl (C=O) groups is 1. The lowest BCUT2D eigenvalue weighted by Crippen LogP contribution is -1.94. The minimum absolute atomic E-state index is 0.731. The third-order valence-electron chi connectivity index (χ3n) is 2.65. The molecule has 0 saturated heterocycles. The van der Waals surface area contributed by atoms with Crippen molar-refractivity contribution < 1.29 is 4.79 Å². The monoisotopic (exact) mass is 211 g/mol. The second-order valence-electron chi connectivity index (χ2n) is 3.84. The number of aromatic nitrogens is 1. The van der Waals surface area contributed by atoms with E-state index in [0.717, 1.165) is 18.3 Å². The predicted molar refractivity (Wildman–Crippen MR) is 63.6 cm³/mol. The SMILES string of the molecule is Cc1ccc(C=O)cc1Cc1ccncc1. The second-order valence-corrected chi connectivity index (χ2v) is 3.84. The van der Waals surface area contributed by atoms with Crippen molar-refractivity contribution in [1.82, 2.24) is 4.98 Å². The summed E-state index contributed by atoms with van der Waals surface area (Å²) in [4.78, 5) is 14.7. The highest BCUT2D eigenvalue weighted by atomic mass is 16.1. The van der Waals surface area contributed by atoms with Crippen LogP contribution in [0.15, 0.2) is 42.7 Å². The molecule has 2 rings (SSSR count). The van der Waals surface area contributed by atoms with Crippen molar-refractivity contribution in [3.05, 3.63) is 65.0 Å². The molecule has 0 saturated carbocycles. The zero-order valence-corrected chi connectivity index (χ0v) is 9.18. The molecule has 16 heavy (non-hydrogen) atoms. The van der Waals surface area contributed by atoms with Crippen LogP contribution in [-0.4, -0.2) is 11.3 Å². The minimum atomic E-state index is 0.731. The molecule has 1 aromatic heterocycles. The molecule has 0 amide bonds. The molecule has 0 N–H and O–H groups in total. The Kier molecular flexibility index (Phi) is 3.10. The summed E-state index contributed by atoms with van der Waals surface area (Å²) in [7, 11) is 0. The fraction of sp³-hybridized carbons (Fsp3) is 0.143. The Morgan fingerprint density at radius 2 is 1.94 bits per heavy atom. The number of pyridine rings is 1. The van der Waals surface area contributed by atoms with E-state index in [1.807, 2.05) is 30.3 Å². The van der Waals surface area contributed by atoms with E-state index >= 15 is 0 Å². The first-order valence-corrected chi connectivity index (χ1v) is 5.23. The average molecular weight is 211 g/mol. The fourth-order valence-corrected chi connectivity index (χ4v) is 1.68. The number of benzene rings is 1. The molecular weight excluding hydrogens is 198 g/mol. The van der Waals surface area contributed by atoms with Gasteiger partial charge in [0.15, 0.2) is 0 Å². The van der Waals surface area contributed by atoms with Crippen LogP contribution in [0.2, 0.25) is 0 Å². The molecule has 0 radical (unpaired) electrons. The van der Waals surface area contributed by atoms with Crippen molar-refractivity contribution in [2.24, 2.45) is 0 Å². The third-order valence-corrected chi connectivity index (χ3v) is 2.65. The third kappa shape index (κ3) is 2.34. The molecule has 0 atom stereocenters. The van der Waals surface area contributed by atoms with Gasteiger partial charge in [0.05, 0.1) is 0 Å². The normalized spacial score (nSPS) is 10.1. The van der Waals surface area contributed by atoms with Crippen LogP contribution >= 0.6 is 0 Å². The van der Waals surface area contributed by atoms with Gasteiger partial charge in [0.1, 0.15) is 6.29 Å². The zero-order valence-electron chi connectivity index (χ0n) is 9.18. The van der Waals surface area contributed by atoms with E-state index in [-0.39, 0.29) is 0 Å². The molecule has 0 bridgehead atoms. The molecule has 0 aliphatic heterocycles. The van der Waals surface area contributed by atoms with E-state index in [0.29, 0.717) is 0 Å². The molecular formula is C14H13NO. The zero-order chi connectivity index (χ0) is 11.4. The summed E-state index contributed by atoms with van der Waals surface area (Å²) in [5, 5.41) is 0. The van der Waals surface area contributed by atoms with Gasteiger partial charge in [-0.15, -0.1) is 0 Å². The first-order valence-electron chi connectivity index (χ1n) is 5.23. The molecule has 2 nitrogen and oxygen atoms in total. The summed E-state index contributed by atoms with van der Waals surface area (Å²) in [6.07, 6.45) is 5.30. The first-order chi connectivity index (χ1) is 7.79. The van der Waals surface area contributed by atoms with E-state index < -0.39 is 0 Å². The Hall–Kier alpha value is -1.96. The Balaban J connectivity index is 2.30. The van der Waals surface area contributed by atoms with Gasteiger partial charge in [-0.25, -0.2) is 0 Å². The maximum atomic E-state index is 10.7. The maximum absolute atomic E-state index is 10.7. The van der Waals surface area contributed by atoms with Gasteiger partial charge >= 0.3 is 0 Å². The largest absolute Gasteiger partial charge is 0.298 e. The van der Waals surface area contributed by atoms with Crippen LogP contribution in [-0.2, 0) is 6.42 Å². The van der Waals surface area contributed by atoms with Gasteiger partial charge in [0.25, 0.3) is 0 Å². The first kappa shape index (κ1) is 10.6. The number of aldehydes is 1. The molecule has 1 aromatic carbocycles. The average Bonchev–Trinajstić information content (AvgIpc) is 2.33. The van der Waals surface area contributed by atoms with Crippen LogP contribution in [0.3, 0.4) is 0 Å². The highest BCUT2D eigenvalue weighted by molar-refractivity contribution is 5.75. The van der Waals surface area contributed by atoms with Crippen LogP contribution in [0, 0.1) is 6.92 Å². The van der Waals surface area contributed by atoms with Crippen LogP contribution in [0.5, 0.6) is 0 Å². The van der Waals surface area contributed by atoms with Gasteiger partial charge in [-0.3, -0.25) is 9.78 Å². The van der Waals surface area contributed by atoms with E-state index in [1.54, 1.807) is 12.4 Å². The summed E-state index contributed by atoms with van der Waals surface area (Å²) in [6.45, 7) is 2.06. The lowest BCUT2D eigenvalue weighted by molar-refractivity contribution is 0.112. The predicted octanol–water partition coefficient (Wildman–Crippen LogP) is 2.79. The Morgan fingerprint density at radius 3 is 2.62 bits per heavy atom. The summed E-state index contributed by atoms with van der Waals surface area (Å²) in [6, 6.07) is 9.77. The quantitative estimate of drug-likeness (QED) is 0.731. The highest BCUT2D eigenvalue weighted by Gasteiger charge is 2.01. The maximum Gasteiger partial charge on any atom is 0.150 e. The van der Waals surface area contributed by atoms with Gasteiger partial charge in [0.2, 0.25) is 0 Å². The van der Waals surface area contributed by atoms with Crippen LogP contribution in [0.4, 0.5) is 0 Å². The Labute approximate surface area is 95.0 Å². The number of carbonyl (C=O) groups excluding carboxylic acids is 1. The Bertz CT molecular complexity index is 491. The smallest absolute Gasteiger partial charge is 0.150 e. The Morgan fingerprint density at radius 1 is 1.19 bits per heavy atom. The van der Waals surface area contributed by atoms with Crippen LogP contribution in [0.1, 0.15) is 27.0 Å². The molecule has 80 valence electrons. The second kappa shape index (κ2) is 4.71. The molecule has 0 spiro atoms. The number of nitrogens with zero attached hydrogens (tertiary/aromatic N) is 1. The van der Waals surface area contributed by atoms with Crippen LogP contribution in [0.25, 0.3) is 0 Å². The highest BCUT2D eigenvalue weighted by Crippen LogP contribution is 2.14. The summed E-state index contributed by atoms with van der Waals surface area (Å²) < 4.78 is 0. The molecule has 2 heteroatoms. The van der Waals surface area contributed by atoms with Crippen molar-refractivity contribution >= 4 is 6.29 Å². The van der Waals surface area contributed by atoms with Gasteiger partial charge in [0, 0.05) is 18.0 Å². The molecule has 2 aromatic rings. The summed E-state index contributed by atoms with van der Waals surface area (Å²) in [5.41, 5.74) is 4.34. The van der Waals surface area contributed by atoms with Crippen LogP contribution < -0.4 is 0 Å². The van der Waals surface area contributed by atoms with E-state index in [4.69, 9.17) is 0 Å². The number of aryl methyl sites for hydroxylation is 1. The van der Waals surface area contributed by atoms with Gasteiger partial charge in [-0.05, 0) is 48.2 Å². The molecule has 0 aliphatic carbocycles. The molecule has 1 heterocycles. The van der Waals surface area contributed by atoms with Gasteiger partial charge in [-0.2, -0.15) is 0 Å².